The number of hydrogen-bond acceptors (Lipinski definition) is 6. The minimum absolute atomic E-state index is 0.102. The highest BCUT2D eigenvalue weighted by Crippen LogP contribution is 2.34. The van der Waals surface area contributed by atoms with Crippen molar-refractivity contribution < 1.29 is 26.5 Å². The average Bonchev–Trinajstić information content (AvgIpc) is 3.39. The van der Waals surface area contributed by atoms with Crippen LogP contribution in [0.4, 0.5) is 18.9 Å². The highest BCUT2D eigenvalue weighted by Gasteiger charge is 2.31. The van der Waals surface area contributed by atoms with Crippen molar-refractivity contribution in [2.75, 3.05) is 26.2 Å². The molecule has 0 atom stereocenters. The number of benzene rings is 3. The standard InChI is InChI=1S/C31H26F3N5O4S/c32-31(33,34)25-8-4-6-22(18-25)24-12-13-29-35-30(23-7-5-9-26(19-23)39(40)41)28(38(29)20-24)21-36-14-16-37(17-15-36)44(42,43)27-10-2-1-3-11-27/h1-13,18-20H,14-17,21H2. The van der Waals surface area contributed by atoms with Gasteiger partial charge in [-0.1, -0.05) is 42.5 Å². The second-order valence-electron chi connectivity index (χ2n) is 10.4. The highest BCUT2D eigenvalue weighted by molar-refractivity contribution is 7.89. The van der Waals surface area contributed by atoms with Crippen molar-refractivity contribution in [1.29, 1.82) is 0 Å². The quantitative estimate of drug-likeness (QED) is 0.161. The van der Waals surface area contributed by atoms with Crippen LogP contribution in [0.5, 0.6) is 0 Å². The normalized spacial score (nSPS) is 15.1. The predicted molar refractivity (Wildman–Crippen MR) is 158 cm³/mol. The first-order chi connectivity index (χ1) is 21.0. The molecular formula is C31H26F3N5O4S. The Bertz CT molecular complexity index is 1950. The van der Waals surface area contributed by atoms with Gasteiger partial charge >= 0.3 is 6.18 Å². The van der Waals surface area contributed by atoms with Crippen molar-refractivity contribution in [3.8, 4) is 22.4 Å². The first-order valence-corrected chi connectivity index (χ1v) is 15.2. The van der Waals surface area contributed by atoms with Crippen LogP contribution in [0.2, 0.25) is 0 Å². The number of imidazole rings is 1. The molecule has 0 bridgehead atoms. The van der Waals surface area contributed by atoms with Gasteiger partial charge in [0.1, 0.15) is 5.65 Å². The number of rotatable bonds is 7. The van der Waals surface area contributed by atoms with Gasteiger partial charge in [0.05, 0.1) is 26.8 Å². The maximum atomic E-state index is 13.4. The number of piperazine rings is 1. The Morgan fingerprint density at radius 2 is 1.52 bits per heavy atom. The van der Waals surface area contributed by atoms with Crippen molar-refractivity contribution in [2.24, 2.45) is 0 Å². The summed E-state index contributed by atoms with van der Waals surface area (Å²) in [4.78, 5) is 18.1. The molecule has 1 saturated heterocycles. The number of non-ortho nitro benzene ring substituents is 1. The van der Waals surface area contributed by atoms with E-state index in [2.05, 4.69) is 4.90 Å². The second-order valence-corrected chi connectivity index (χ2v) is 12.4. The zero-order valence-corrected chi connectivity index (χ0v) is 24.0. The summed E-state index contributed by atoms with van der Waals surface area (Å²) >= 11 is 0. The summed E-state index contributed by atoms with van der Waals surface area (Å²) in [6.45, 7) is 1.68. The van der Waals surface area contributed by atoms with Gasteiger partial charge in [0, 0.05) is 56.6 Å². The molecule has 1 aliphatic rings. The molecular weight excluding hydrogens is 595 g/mol. The lowest BCUT2D eigenvalue weighted by Gasteiger charge is -2.34. The summed E-state index contributed by atoms with van der Waals surface area (Å²) < 4.78 is 69.8. The van der Waals surface area contributed by atoms with Crippen LogP contribution in [0.25, 0.3) is 28.0 Å². The molecule has 6 rings (SSSR count). The number of pyridine rings is 1. The lowest BCUT2D eigenvalue weighted by Crippen LogP contribution is -2.48. The zero-order valence-electron chi connectivity index (χ0n) is 23.2. The fourth-order valence-electron chi connectivity index (χ4n) is 5.37. The number of nitro groups is 1. The summed E-state index contributed by atoms with van der Waals surface area (Å²) in [6.07, 6.45) is -2.78. The first-order valence-electron chi connectivity index (χ1n) is 13.7. The summed E-state index contributed by atoms with van der Waals surface area (Å²) in [5.74, 6) is 0. The van der Waals surface area contributed by atoms with E-state index in [0.717, 1.165) is 12.1 Å². The minimum atomic E-state index is -4.49. The topological polar surface area (TPSA) is 101 Å². The molecule has 226 valence electrons. The lowest BCUT2D eigenvalue weighted by atomic mass is 10.0. The van der Waals surface area contributed by atoms with E-state index in [0.29, 0.717) is 53.4 Å². The van der Waals surface area contributed by atoms with E-state index < -0.39 is 26.7 Å². The van der Waals surface area contributed by atoms with Crippen LogP contribution < -0.4 is 0 Å². The molecule has 0 saturated carbocycles. The number of nitro benzene ring substituents is 1. The van der Waals surface area contributed by atoms with Gasteiger partial charge in [-0.2, -0.15) is 17.5 Å². The molecule has 3 aromatic carbocycles. The molecule has 44 heavy (non-hydrogen) atoms. The third-order valence-electron chi connectivity index (χ3n) is 7.66. The second kappa shape index (κ2) is 11.5. The Morgan fingerprint density at radius 1 is 0.818 bits per heavy atom. The number of halogens is 3. The maximum absolute atomic E-state index is 13.4. The third kappa shape index (κ3) is 5.81. The van der Waals surface area contributed by atoms with Gasteiger partial charge < -0.3 is 4.40 Å². The maximum Gasteiger partial charge on any atom is 0.416 e. The van der Waals surface area contributed by atoms with Crippen LogP contribution in [0, 0.1) is 10.1 Å². The number of aromatic nitrogens is 2. The Kier molecular flexibility index (Phi) is 7.70. The predicted octanol–water partition coefficient (Wildman–Crippen LogP) is 6.10. The highest BCUT2D eigenvalue weighted by atomic mass is 32.2. The van der Waals surface area contributed by atoms with E-state index in [1.807, 2.05) is 0 Å². The molecule has 0 radical (unpaired) electrons. The number of fused-ring (bicyclic) bond motifs is 1. The fraction of sp³-hybridized carbons (Fsp3) is 0.194. The van der Waals surface area contributed by atoms with Crippen LogP contribution in [-0.4, -0.2) is 58.1 Å². The molecule has 1 fully saturated rings. The van der Waals surface area contributed by atoms with Crippen LogP contribution in [-0.2, 0) is 22.7 Å². The molecule has 9 nitrogen and oxygen atoms in total. The van der Waals surface area contributed by atoms with E-state index in [1.54, 1.807) is 71.3 Å². The molecule has 0 spiro atoms. The monoisotopic (exact) mass is 621 g/mol. The Morgan fingerprint density at radius 3 is 2.23 bits per heavy atom. The van der Waals surface area contributed by atoms with Gasteiger partial charge in [-0.25, -0.2) is 13.4 Å². The van der Waals surface area contributed by atoms with Crippen molar-refractivity contribution in [3.05, 3.63) is 119 Å². The van der Waals surface area contributed by atoms with Crippen LogP contribution in [0.1, 0.15) is 11.3 Å². The largest absolute Gasteiger partial charge is 0.416 e. The number of alkyl halides is 3. The van der Waals surface area contributed by atoms with Crippen LogP contribution >= 0.6 is 0 Å². The van der Waals surface area contributed by atoms with Crippen LogP contribution in [0.15, 0.2) is 102 Å². The average molecular weight is 622 g/mol. The van der Waals surface area contributed by atoms with Gasteiger partial charge in [-0.15, -0.1) is 0 Å². The number of hydrogen-bond donors (Lipinski definition) is 0. The van der Waals surface area contributed by atoms with Gasteiger partial charge in [-0.3, -0.25) is 15.0 Å². The number of nitrogens with zero attached hydrogens (tertiary/aromatic N) is 5. The molecule has 0 N–H and O–H groups in total. The molecule has 0 amide bonds. The Balaban J connectivity index is 1.36. The summed E-state index contributed by atoms with van der Waals surface area (Å²) in [7, 11) is -3.65. The molecule has 0 unspecified atom stereocenters. The Hall–Kier alpha value is -4.59. The summed E-state index contributed by atoms with van der Waals surface area (Å²) in [5, 5.41) is 11.5. The van der Waals surface area contributed by atoms with Gasteiger partial charge in [-0.05, 0) is 47.5 Å². The van der Waals surface area contributed by atoms with E-state index in [9.17, 15) is 31.7 Å². The Labute approximate surface area is 251 Å². The third-order valence-corrected chi connectivity index (χ3v) is 9.57. The van der Waals surface area contributed by atoms with E-state index in [4.69, 9.17) is 4.98 Å². The van der Waals surface area contributed by atoms with Gasteiger partial charge in [0.25, 0.3) is 5.69 Å². The molecule has 3 heterocycles. The summed E-state index contributed by atoms with van der Waals surface area (Å²) in [6, 6.07) is 22.8. The smallest absolute Gasteiger partial charge is 0.301 e. The summed E-state index contributed by atoms with van der Waals surface area (Å²) in [5.41, 5.74) is 2.25. The van der Waals surface area contributed by atoms with Gasteiger partial charge in [0.2, 0.25) is 10.0 Å². The van der Waals surface area contributed by atoms with E-state index >= 15 is 0 Å². The van der Waals surface area contributed by atoms with Crippen molar-refractivity contribution in [3.63, 3.8) is 0 Å². The van der Waals surface area contributed by atoms with Crippen LogP contribution in [0.3, 0.4) is 0 Å². The molecule has 0 aliphatic carbocycles. The molecule has 5 aromatic rings. The van der Waals surface area contributed by atoms with Crippen molar-refractivity contribution in [1.82, 2.24) is 18.6 Å². The van der Waals surface area contributed by atoms with Crippen molar-refractivity contribution >= 4 is 21.4 Å². The first kappa shape index (κ1) is 29.5. The minimum Gasteiger partial charge on any atom is -0.301 e. The lowest BCUT2D eigenvalue weighted by molar-refractivity contribution is -0.384. The molecule has 1 aliphatic heterocycles. The molecule has 2 aromatic heterocycles. The van der Waals surface area contributed by atoms with Crippen molar-refractivity contribution in [2.45, 2.75) is 17.6 Å². The van der Waals surface area contributed by atoms with E-state index in [1.165, 1.54) is 22.5 Å². The zero-order chi connectivity index (χ0) is 31.1. The van der Waals surface area contributed by atoms with Gasteiger partial charge in [0.15, 0.2) is 0 Å². The SMILES string of the molecule is O=[N+]([O-])c1cccc(-c2nc3ccc(-c4cccc(C(F)(F)F)c4)cn3c2CN2CCN(S(=O)(=O)c3ccccc3)CC2)c1. The molecule has 13 heteroatoms. The van der Waals surface area contributed by atoms with E-state index in [-0.39, 0.29) is 23.7 Å². The number of sulfonamides is 1. The fourth-order valence-corrected chi connectivity index (χ4v) is 6.81.